The molecule has 0 aliphatic carbocycles. The molecular weight excluding hydrogens is 256 g/mol. The SMILES string of the molecule is CCCCC/C(Cl)=C\[As](=O)(O)ON. The summed E-state index contributed by atoms with van der Waals surface area (Å²) >= 11 is 1.30. The predicted octanol–water partition coefficient (Wildman–Crippen LogP) is 1.48. The van der Waals surface area contributed by atoms with Crippen LogP contribution in [0.15, 0.2) is 9.90 Å². The number of nitrogens with two attached hydrogens (primary N) is 1. The third kappa shape index (κ3) is 7.35. The first-order chi connectivity index (χ1) is 6.02. The summed E-state index contributed by atoms with van der Waals surface area (Å²) in [4.78, 5) is 1.04. The number of allylic oxidation sites excluding steroid dienone is 1. The van der Waals surface area contributed by atoms with Crippen molar-refractivity contribution in [3.63, 3.8) is 0 Å². The fourth-order valence-electron chi connectivity index (χ4n) is 0.816. The van der Waals surface area contributed by atoms with Gasteiger partial charge in [0.2, 0.25) is 0 Å². The molecule has 0 bridgehead atoms. The van der Waals surface area contributed by atoms with Gasteiger partial charge in [-0.25, -0.2) is 0 Å². The van der Waals surface area contributed by atoms with Gasteiger partial charge in [-0.1, -0.05) is 0 Å². The predicted molar refractivity (Wildman–Crippen MR) is 52.0 cm³/mol. The van der Waals surface area contributed by atoms with E-state index in [0.29, 0.717) is 11.5 Å². The van der Waals surface area contributed by atoms with Crippen LogP contribution in [0.1, 0.15) is 32.6 Å². The van der Waals surface area contributed by atoms with Crippen LogP contribution in [0.3, 0.4) is 0 Å². The molecule has 0 saturated carbocycles. The summed E-state index contributed by atoms with van der Waals surface area (Å²) in [6, 6.07) is 0. The molecule has 0 amide bonds. The van der Waals surface area contributed by atoms with Gasteiger partial charge in [-0.05, 0) is 0 Å². The number of rotatable bonds is 6. The molecule has 1 unspecified atom stereocenters. The number of halogens is 1. The van der Waals surface area contributed by atoms with E-state index in [9.17, 15) is 3.74 Å². The maximum absolute atomic E-state index is 10.9. The van der Waals surface area contributed by atoms with E-state index in [1.807, 2.05) is 0 Å². The standard InChI is InChI=1S/C7H15AsClNO3/c1-2-3-4-5-7(9)6-8(11,12)13-10/h6H,2-5,10H2,1H3,(H,11,12)/b7-6+. The molecule has 0 saturated heterocycles. The van der Waals surface area contributed by atoms with Crippen LogP contribution in [0.4, 0.5) is 0 Å². The molecule has 0 aromatic carbocycles. The number of hydrogen-bond acceptors (Lipinski definition) is 3. The van der Waals surface area contributed by atoms with Gasteiger partial charge in [-0.3, -0.25) is 0 Å². The van der Waals surface area contributed by atoms with Gasteiger partial charge < -0.3 is 0 Å². The molecule has 0 aromatic heterocycles. The van der Waals surface area contributed by atoms with E-state index >= 15 is 0 Å². The Labute approximate surface area is 86.0 Å². The van der Waals surface area contributed by atoms with E-state index in [4.69, 9.17) is 15.7 Å². The number of hydrogen-bond donors (Lipinski definition) is 2. The second-order valence-electron chi connectivity index (χ2n) is 2.70. The van der Waals surface area contributed by atoms with E-state index < -0.39 is 14.2 Å². The summed E-state index contributed by atoms with van der Waals surface area (Å²) < 4.78 is 23.8. The van der Waals surface area contributed by atoms with Crippen molar-refractivity contribution < 1.29 is 11.7 Å². The van der Waals surface area contributed by atoms with E-state index in [1.54, 1.807) is 0 Å². The Kier molecular flexibility index (Phi) is 6.82. The molecule has 78 valence electrons. The summed E-state index contributed by atoms with van der Waals surface area (Å²) in [5.74, 6) is 4.62. The first-order valence-electron chi connectivity index (χ1n) is 4.10. The summed E-state index contributed by atoms with van der Waals surface area (Å²) in [6.45, 7) is 2.07. The zero-order valence-electron chi connectivity index (χ0n) is 7.57. The Bertz CT molecular complexity index is 220. The van der Waals surface area contributed by atoms with Crippen LogP contribution in [-0.2, 0) is 7.57 Å². The molecule has 0 heterocycles. The third-order valence-electron chi connectivity index (χ3n) is 1.47. The average Bonchev–Trinajstić information content (AvgIpc) is 2.04. The Morgan fingerprint density at radius 2 is 2.31 bits per heavy atom. The summed E-state index contributed by atoms with van der Waals surface area (Å²) in [7, 11) is 0. The first-order valence-corrected chi connectivity index (χ1v) is 7.93. The molecule has 0 aliphatic rings. The fourth-order valence-corrected chi connectivity index (χ4v) is 2.73. The molecule has 0 aliphatic heterocycles. The van der Waals surface area contributed by atoms with Crippen molar-refractivity contribution >= 4 is 25.8 Å². The quantitative estimate of drug-likeness (QED) is 0.436. The minimum absolute atomic E-state index is 0.351. The van der Waals surface area contributed by atoms with Crippen molar-refractivity contribution in [2.75, 3.05) is 0 Å². The second-order valence-corrected chi connectivity index (χ2v) is 6.54. The van der Waals surface area contributed by atoms with Gasteiger partial charge >= 0.3 is 85.8 Å². The molecule has 0 radical (unpaired) electrons. The Balaban J connectivity index is 3.94. The second kappa shape index (κ2) is 6.68. The van der Waals surface area contributed by atoms with Crippen LogP contribution >= 0.6 is 11.6 Å². The van der Waals surface area contributed by atoms with Crippen LogP contribution in [0.25, 0.3) is 0 Å². The van der Waals surface area contributed by atoms with Crippen LogP contribution in [0.5, 0.6) is 0 Å². The van der Waals surface area contributed by atoms with E-state index in [-0.39, 0.29) is 0 Å². The molecule has 4 nitrogen and oxygen atoms in total. The summed E-state index contributed by atoms with van der Waals surface area (Å²) in [5.41, 5.74) is 0. The van der Waals surface area contributed by atoms with Crippen LogP contribution in [-0.4, -0.2) is 18.3 Å². The normalized spacial score (nSPS) is 17.1. The first kappa shape index (κ1) is 13.3. The van der Waals surface area contributed by atoms with Crippen LogP contribution in [0.2, 0.25) is 0 Å². The van der Waals surface area contributed by atoms with Gasteiger partial charge in [0.25, 0.3) is 0 Å². The topological polar surface area (TPSA) is 72.5 Å². The van der Waals surface area contributed by atoms with Gasteiger partial charge in [0.15, 0.2) is 0 Å². The van der Waals surface area contributed by atoms with Crippen molar-refractivity contribution in [1.29, 1.82) is 0 Å². The number of unbranched alkanes of at least 4 members (excludes halogenated alkanes) is 2. The van der Waals surface area contributed by atoms with Crippen molar-refractivity contribution in [2.24, 2.45) is 5.90 Å². The van der Waals surface area contributed by atoms with E-state index in [1.165, 1.54) is 0 Å². The molecule has 0 fully saturated rings. The minimum atomic E-state index is -4.39. The monoisotopic (exact) mass is 271 g/mol. The zero-order valence-corrected chi connectivity index (χ0v) is 10.2. The van der Waals surface area contributed by atoms with E-state index in [0.717, 1.165) is 24.1 Å². The molecular formula is C7H15AsClNO3. The van der Waals surface area contributed by atoms with Crippen molar-refractivity contribution in [2.45, 2.75) is 32.6 Å². The molecule has 0 spiro atoms. The molecule has 0 aromatic rings. The molecule has 0 rings (SSSR count). The zero-order chi connectivity index (χ0) is 10.3. The van der Waals surface area contributed by atoms with Crippen molar-refractivity contribution in [1.82, 2.24) is 0 Å². The van der Waals surface area contributed by atoms with Gasteiger partial charge in [0.1, 0.15) is 0 Å². The van der Waals surface area contributed by atoms with E-state index in [2.05, 4.69) is 16.6 Å². The Hall–Kier alpha value is 0.268. The molecule has 13 heavy (non-hydrogen) atoms. The third-order valence-corrected chi connectivity index (χ3v) is 4.08. The van der Waals surface area contributed by atoms with Gasteiger partial charge in [-0.15, -0.1) is 0 Å². The molecule has 6 heteroatoms. The fraction of sp³-hybridized carbons (Fsp3) is 0.714. The maximum atomic E-state index is 10.9. The molecule has 1 atom stereocenters. The summed E-state index contributed by atoms with van der Waals surface area (Å²) in [6.07, 6.45) is 3.65. The van der Waals surface area contributed by atoms with Crippen molar-refractivity contribution in [3.05, 3.63) is 9.90 Å². The van der Waals surface area contributed by atoms with Crippen molar-refractivity contribution in [3.8, 4) is 0 Å². The van der Waals surface area contributed by atoms with Crippen LogP contribution in [0, 0.1) is 0 Å². The summed E-state index contributed by atoms with van der Waals surface area (Å²) in [5, 5.41) is 0.351. The molecule has 3 N–H and O–H groups in total. The van der Waals surface area contributed by atoms with Gasteiger partial charge in [0, 0.05) is 0 Å². The average molecular weight is 272 g/mol. The van der Waals surface area contributed by atoms with Gasteiger partial charge in [-0.2, -0.15) is 0 Å². The Morgan fingerprint density at radius 1 is 1.69 bits per heavy atom. The van der Waals surface area contributed by atoms with Crippen LogP contribution < -0.4 is 5.90 Å². The van der Waals surface area contributed by atoms with Gasteiger partial charge in [0.05, 0.1) is 0 Å². The Morgan fingerprint density at radius 3 is 2.77 bits per heavy atom.